The van der Waals surface area contributed by atoms with Gasteiger partial charge in [-0.2, -0.15) is 0 Å². The van der Waals surface area contributed by atoms with Gasteiger partial charge in [0, 0.05) is 48.7 Å². The summed E-state index contributed by atoms with van der Waals surface area (Å²) in [6, 6.07) is 18.4. The first-order valence-corrected chi connectivity index (χ1v) is 13.8. The van der Waals surface area contributed by atoms with E-state index < -0.39 is 0 Å². The van der Waals surface area contributed by atoms with Crippen LogP contribution in [0.15, 0.2) is 78.0 Å². The number of H-pyrrole nitrogens is 1. The predicted molar refractivity (Wildman–Crippen MR) is 156 cm³/mol. The third-order valence-electron chi connectivity index (χ3n) is 7.62. The monoisotopic (exact) mass is 538 g/mol. The number of aromatic nitrogens is 2. The first kappa shape index (κ1) is 26.0. The maximum atomic E-state index is 12.4. The summed E-state index contributed by atoms with van der Waals surface area (Å²) in [6.07, 6.45) is 7.87. The molecule has 2 aliphatic heterocycles. The molecule has 2 aromatic heterocycles. The maximum Gasteiger partial charge on any atom is 0.271 e. The molecule has 2 atom stereocenters. The average Bonchev–Trinajstić information content (AvgIpc) is 3.00. The van der Waals surface area contributed by atoms with E-state index in [0.717, 1.165) is 64.5 Å². The molecule has 1 saturated heterocycles. The normalized spacial score (nSPS) is 16.9. The van der Waals surface area contributed by atoms with E-state index in [-0.39, 0.29) is 17.7 Å². The van der Waals surface area contributed by atoms with Crippen LogP contribution in [-0.4, -0.2) is 36.8 Å². The first-order valence-electron chi connectivity index (χ1n) is 13.8. The second kappa shape index (κ2) is 11.4. The number of ether oxygens (including phenoxy) is 3. The number of nitrogens with one attached hydrogen (secondary N) is 2. The van der Waals surface area contributed by atoms with Crippen molar-refractivity contribution in [3.63, 3.8) is 0 Å². The summed E-state index contributed by atoms with van der Waals surface area (Å²) in [5, 5.41) is 3.70. The number of hydrogen-bond donors (Lipinski definition) is 2. The van der Waals surface area contributed by atoms with Crippen LogP contribution in [0.5, 0.6) is 17.2 Å². The summed E-state index contributed by atoms with van der Waals surface area (Å²) in [4.78, 5) is 21.6. The molecule has 2 N–H and O–H groups in total. The van der Waals surface area contributed by atoms with Crippen LogP contribution < -0.4 is 25.2 Å². The fourth-order valence-electron chi connectivity index (χ4n) is 5.61. The number of para-hydroxylation sites is 1. The Morgan fingerprint density at radius 1 is 1.15 bits per heavy atom. The van der Waals surface area contributed by atoms with Gasteiger partial charge in [-0.15, -0.1) is 0 Å². The zero-order chi connectivity index (χ0) is 27.5. The van der Waals surface area contributed by atoms with Crippen molar-refractivity contribution in [1.29, 1.82) is 0 Å². The third kappa shape index (κ3) is 5.27. The topological polar surface area (TPSA) is 88.7 Å². The largest absolute Gasteiger partial charge is 0.495 e. The smallest absolute Gasteiger partial charge is 0.271 e. The number of pyridine rings is 2. The molecule has 0 spiro atoms. The van der Waals surface area contributed by atoms with Crippen LogP contribution in [-0.2, 0) is 11.2 Å². The fraction of sp³-hybridized carbons (Fsp3) is 0.312. The highest BCUT2D eigenvalue weighted by Crippen LogP contribution is 2.43. The Bertz CT molecular complexity index is 1550. The van der Waals surface area contributed by atoms with E-state index in [1.165, 1.54) is 0 Å². The molecule has 8 heteroatoms. The molecule has 0 radical (unpaired) electrons. The molecule has 1 fully saturated rings. The van der Waals surface area contributed by atoms with Crippen LogP contribution >= 0.6 is 0 Å². The number of benzene rings is 2. The van der Waals surface area contributed by atoms with E-state index in [1.807, 2.05) is 30.5 Å². The van der Waals surface area contributed by atoms with Gasteiger partial charge in [0.25, 0.3) is 5.56 Å². The van der Waals surface area contributed by atoms with Crippen molar-refractivity contribution in [2.75, 3.05) is 37.0 Å². The average molecular weight is 539 g/mol. The molecule has 2 aromatic carbocycles. The van der Waals surface area contributed by atoms with E-state index in [0.29, 0.717) is 25.4 Å². The molecule has 40 heavy (non-hydrogen) atoms. The molecule has 4 heterocycles. The van der Waals surface area contributed by atoms with Crippen molar-refractivity contribution >= 4 is 11.4 Å². The highest BCUT2D eigenvalue weighted by molar-refractivity contribution is 5.59. The molecule has 0 bridgehead atoms. The van der Waals surface area contributed by atoms with Crippen LogP contribution in [0.4, 0.5) is 11.4 Å². The van der Waals surface area contributed by atoms with Crippen LogP contribution in [0.2, 0.25) is 0 Å². The second-order valence-electron chi connectivity index (χ2n) is 10.3. The number of anilines is 2. The van der Waals surface area contributed by atoms with Gasteiger partial charge in [-0.3, -0.25) is 9.78 Å². The molecule has 2 unspecified atom stereocenters. The Morgan fingerprint density at radius 3 is 2.92 bits per heavy atom. The summed E-state index contributed by atoms with van der Waals surface area (Å²) in [7, 11) is 1.66. The number of hydrogen-bond acceptors (Lipinski definition) is 7. The molecule has 8 nitrogen and oxygen atoms in total. The molecule has 6 rings (SSSR count). The van der Waals surface area contributed by atoms with Crippen molar-refractivity contribution in [2.24, 2.45) is 0 Å². The Hall–Kier alpha value is -4.30. The molecule has 0 amide bonds. The van der Waals surface area contributed by atoms with E-state index in [4.69, 9.17) is 14.2 Å². The Balaban J connectivity index is 1.22. The lowest BCUT2D eigenvalue weighted by atomic mass is 9.94. The lowest BCUT2D eigenvalue weighted by Gasteiger charge is -2.35. The number of methoxy groups -OCH3 is 1. The Labute approximate surface area is 233 Å². The van der Waals surface area contributed by atoms with Crippen molar-refractivity contribution in [3.8, 4) is 17.2 Å². The molecule has 0 saturated carbocycles. The van der Waals surface area contributed by atoms with Gasteiger partial charge < -0.3 is 29.4 Å². The van der Waals surface area contributed by atoms with Crippen molar-refractivity contribution < 1.29 is 14.2 Å². The zero-order valence-corrected chi connectivity index (χ0v) is 22.9. The van der Waals surface area contributed by atoms with Crippen LogP contribution in [0.1, 0.15) is 54.2 Å². The summed E-state index contributed by atoms with van der Waals surface area (Å²) in [6.45, 7) is 3.98. The molecule has 206 valence electrons. The maximum absolute atomic E-state index is 12.4. The van der Waals surface area contributed by atoms with Gasteiger partial charge >= 0.3 is 0 Å². The Morgan fingerprint density at radius 2 is 2.08 bits per heavy atom. The number of rotatable bonds is 8. The number of morpholine rings is 1. The van der Waals surface area contributed by atoms with E-state index >= 15 is 0 Å². The van der Waals surface area contributed by atoms with Gasteiger partial charge in [0.15, 0.2) is 0 Å². The Kier molecular flexibility index (Phi) is 7.42. The van der Waals surface area contributed by atoms with E-state index in [9.17, 15) is 4.79 Å². The van der Waals surface area contributed by atoms with Gasteiger partial charge in [0.05, 0.1) is 26.0 Å². The minimum absolute atomic E-state index is 0.0864. The minimum Gasteiger partial charge on any atom is -0.495 e. The molecule has 2 aliphatic rings. The highest BCUT2D eigenvalue weighted by atomic mass is 16.5. The summed E-state index contributed by atoms with van der Waals surface area (Å²) in [5.41, 5.74) is 6.00. The van der Waals surface area contributed by atoms with E-state index in [2.05, 4.69) is 57.4 Å². The molecule has 0 aliphatic carbocycles. The quantitative estimate of drug-likeness (QED) is 0.250. The SMILES string of the molecule is CCCC(Nc1ccc2c(c1)Cc1cccc(C3CN(c4ccc[nH]c4=O)CCO3)c1O2)c1cncc(OC)c1. The predicted octanol–water partition coefficient (Wildman–Crippen LogP) is 6.01. The number of fused-ring (bicyclic) bond motifs is 2. The van der Waals surface area contributed by atoms with Crippen molar-refractivity contribution in [1.82, 2.24) is 9.97 Å². The fourth-order valence-corrected chi connectivity index (χ4v) is 5.61. The van der Waals surface area contributed by atoms with Crippen LogP contribution in [0.25, 0.3) is 0 Å². The lowest BCUT2D eigenvalue weighted by Crippen LogP contribution is -2.41. The molecular formula is C32H34N4O4. The van der Waals surface area contributed by atoms with E-state index in [1.54, 1.807) is 19.5 Å². The summed E-state index contributed by atoms with van der Waals surface area (Å²) < 4.78 is 18.1. The van der Waals surface area contributed by atoms with Crippen molar-refractivity contribution in [2.45, 2.75) is 38.3 Å². The summed E-state index contributed by atoms with van der Waals surface area (Å²) >= 11 is 0. The minimum atomic E-state index is -0.197. The van der Waals surface area contributed by atoms with Gasteiger partial charge in [-0.25, -0.2) is 0 Å². The number of aromatic amines is 1. The van der Waals surface area contributed by atoms with Gasteiger partial charge in [-0.1, -0.05) is 31.5 Å². The number of nitrogens with zero attached hydrogens (tertiary/aromatic N) is 2. The third-order valence-corrected chi connectivity index (χ3v) is 7.62. The van der Waals surface area contributed by atoms with Gasteiger partial charge in [0.2, 0.25) is 0 Å². The van der Waals surface area contributed by atoms with Crippen LogP contribution in [0.3, 0.4) is 0 Å². The lowest BCUT2D eigenvalue weighted by molar-refractivity contribution is 0.0383. The summed E-state index contributed by atoms with van der Waals surface area (Å²) in [5.74, 6) is 2.47. The van der Waals surface area contributed by atoms with Crippen molar-refractivity contribution in [3.05, 3.63) is 106 Å². The van der Waals surface area contributed by atoms with Crippen LogP contribution in [0, 0.1) is 0 Å². The first-order chi connectivity index (χ1) is 19.6. The zero-order valence-electron chi connectivity index (χ0n) is 22.9. The van der Waals surface area contributed by atoms with Gasteiger partial charge in [-0.05, 0) is 53.9 Å². The highest BCUT2D eigenvalue weighted by Gasteiger charge is 2.29. The second-order valence-corrected chi connectivity index (χ2v) is 10.3. The van der Waals surface area contributed by atoms with Gasteiger partial charge in [0.1, 0.15) is 29.0 Å². The standard InChI is InChI=1S/C32H34N4O4/c1-3-6-27(23-17-25(38-2)19-33-18-23)35-24-10-11-29-22(16-24)15-21-7-4-8-26(31(21)40-29)30-20-36(13-14-39-30)28-9-5-12-34-32(28)37/h4-5,7-12,16-19,27,30,35H,3,6,13-15,20H2,1-2H3,(H,34,37). The molecular weight excluding hydrogens is 504 g/mol. The molecule has 4 aromatic rings.